The van der Waals surface area contributed by atoms with E-state index in [9.17, 15) is 19.5 Å². The van der Waals surface area contributed by atoms with Crippen molar-refractivity contribution in [2.45, 2.75) is 88.1 Å². The van der Waals surface area contributed by atoms with E-state index < -0.39 is 37.6 Å². The summed E-state index contributed by atoms with van der Waals surface area (Å²) in [5.41, 5.74) is 2.57. The van der Waals surface area contributed by atoms with Crippen LogP contribution in [-0.2, 0) is 44.2 Å². The maximum Gasteiger partial charge on any atom is 0.264 e. The first-order valence-electron chi connectivity index (χ1n) is 17.9. The third-order valence-corrected chi connectivity index (χ3v) is 13.8. The number of carbonyl (C=O) groups excluding carboxylic acids is 3. The molecule has 2 fully saturated rings. The summed E-state index contributed by atoms with van der Waals surface area (Å²) >= 11 is 0. The van der Waals surface area contributed by atoms with Crippen LogP contribution in [0.3, 0.4) is 0 Å². The highest BCUT2D eigenvalue weighted by Crippen LogP contribution is 2.60. The van der Waals surface area contributed by atoms with Gasteiger partial charge in [0.2, 0.25) is 20.2 Å². The molecule has 0 aromatic heterocycles. The summed E-state index contributed by atoms with van der Waals surface area (Å²) < 4.78 is 29.0. The van der Waals surface area contributed by atoms with Crippen molar-refractivity contribution < 1.29 is 33.1 Å². The number of nitrogens with zero attached hydrogens (tertiary/aromatic N) is 2. The molecule has 0 radical (unpaired) electrons. The highest BCUT2D eigenvalue weighted by atomic mass is 28.4. The van der Waals surface area contributed by atoms with Gasteiger partial charge in [-0.25, -0.2) is 0 Å². The van der Waals surface area contributed by atoms with Crippen molar-refractivity contribution in [3.05, 3.63) is 89.0 Å². The van der Waals surface area contributed by atoms with Crippen LogP contribution in [0, 0.1) is 5.92 Å². The minimum absolute atomic E-state index is 0.0878. The van der Waals surface area contributed by atoms with Crippen LogP contribution >= 0.6 is 0 Å². The molecule has 10 nitrogen and oxygen atoms in total. The molecule has 1 spiro atoms. The zero-order valence-electron chi connectivity index (χ0n) is 29.7. The maximum atomic E-state index is 16.5. The molecule has 6 atom stereocenters. The number of benzene rings is 3. The Bertz CT molecular complexity index is 1830. The fraction of sp³-hybridized carbons (Fsp3) is 0.462. The van der Waals surface area contributed by atoms with Gasteiger partial charge in [0, 0.05) is 29.3 Å². The minimum Gasteiger partial charge on any atom is -0.497 e. The number of aliphatic hydroxyl groups is 1. The smallest absolute Gasteiger partial charge is 0.264 e. The van der Waals surface area contributed by atoms with Crippen LogP contribution in [0.25, 0.3) is 0 Å². The van der Waals surface area contributed by atoms with Gasteiger partial charge in [0.25, 0.3) is 5.91 Å². The SMILES string of the molecule is COc1ccc2c(c1)[C@]1(O[C@@H](CC(=O)N3Cc4ccccc4C[C@H]3CO)[C@H]([Si](C)(C)F)[C@H]1C)C(=O)N2Cc1cccc(NC(=O)[C@H]2CCCN2)c1. The van der Waals surface area contributed by atoms with Gasteiger partial charge in [0.1, 0.15) is 5.75 Å². The van der Waals surface area contributed by atoms with Gasteiger partial charge in [-0.05, 0) is 85.9 Å². The Balaban J connectivity index is 1.20. The van der Waals surface area contributed by atoms with Crippen molar-refractivity contribution in [2.75, 3.05) is 30.5 Å². The average Bonchev–Trinajstić information content (AvgIpc) is 3.81. The van der Waals surface area contributed by atoms with Gasteiger partial charge >= 0.3 is 0 Å². The third kappa shape index (κ3) is 6.36. The molecule has 12 heteroatoms. The van der Waals surface area contributed by atoms with Crippen LogP contribution in [0.15, 0.2) is 66.7 Å². The Morgan fingerprint density at radius 2 is 1.90 bits per heavy atom. The monoisotopic (exact) mass is 714 g/mol. The maximum absolute atomic E-state index is 16.5. The molecular formula is C39H47FN4O6Si. The first-order valence-corrected chi connectivity index (χ1v) is 20.9. The lowest BCUT2D eigenvalue weighted by molar-refractivity contribution is -0.151. The van der Waals surface area contributed by atoms with Crippen LogP contribution in [0.4, 0.5) is 15.5 Å². The Hall–Kier alpha value is -4.10. The Kier molecular flexibility index (Phi) is 9.55. The van der Waals surface area contributed by atoms with Crippen molar-refractivity contribution in [1.82, 2.24) is 10.2 Å². The summed E-state index contributed by atoms with van der Waals surface area (Å²) in [4.78, 5) is 45.2. The second-order valence-electron chi connectivity index (χ2n) is 14.9. The Morgan fingerprint density at radius 3 is 2.61 bits per heavy atom. The molecule has 4 aliphatic heterocycles. The highest BCUT2D eigenvalue weighted by Gasteiger charge is 2.67. The fourth-order valence-corrected chi connectivity index (χ4v) is 11.4. The fourth-order valence-electron chi connectivity index (χ4n) is 8.91. The topological polar surface area (TPSA) is 120 Å². The number of halogens is 1. The second kappa shape index (κ2) is 13.8. The van der Waals surface area contributed by atoms with Gasteiger partial charge in [0.05, 0.1) is 50.6 Å². The summed E-state index contributed by atoms with van der Waals surface area (Å²) in [6, 6.07) is 20.1. The number of aliphatic hydroxyl groups excluding tert-OH is 1. The molecule has 2 saturated heterocycles. The molecule has 51 heavy (non-hydrogen) atoms. The molecular weight excluding hydrogens is 668 g/mol. The molecule has 0 bridgehead atoms. The lowest BCUT2D eigenvalue weighted by atomic mass is 9.82. The minimum atomic E-state index is -3.54. The van der Waals surface area contributed by atoms with Crippen molar-refractivity contribution in [1.29, 1.82) is 0 Å². The van der Waals surface area contributed by atoms with Gasteiger partial charge in [-0.15, -0.1) is 0 Å². The van der Waals surface area contributed by atoms with Gasteiger partial charge < -0.3 is 39.1 Å². The number of hydrogen-bond donors (Lipinski definition) is 3. The van der Waals surface area contributed by atoms with Gasteiger partial charge in [-0.2, -0.15) is 0 Å². The van der Waals surface area contributed by atoms with Gasteiger partial charge in [-0.1, -0.05) is 43.3 Å². The normalized spacial score (nSPS) is 27.1. The highest BCUT2D eigenvalue weighted by molar-refractivity contribution is 6.72. The molecule has 0 unspecified atom stereocenters. The van der Waals surface area contributed by atoms with E-state index in [1.807, 2.05) is 61.5 Å². The number of hydrogen-bond acceptors (Lipinski definition) is 7. The van der Waals surface area contributed by atoms with E-state index in [0.717, 1.165) is 36.1 Å². The van der Waals surface area contributed by atoms with Gasteiger partial charge in [0.15, 0.2) is 5.60 Å². The predicted molar refractivity (Wildman–Crippen MR) is 195 cm³/mol. The van der Waals surface area contributed by atoms with Crippen LogP contribution in [-0.4, -0.2) is 74.6 Å². The third-order valence-electron chi connectivity index (χ3n) is 11.3. The summed E-state index contributed by atoms with van der Waals surface area (Å²) in [5.74, 6) is -0.697. The van der Waals surface area contributed by atoms with Gasteiger partial charge in [-0.3, -0.25) is 14.4 Å². The standard InChI is InChI=1S/C39H47FN4O6Si/c1-24-36(51(3,4)40)34(20-35(46)43-22-27-11-6-5-10-26(27)18-29(43)23-45)50-39(24)31-19-30(49-2)14-15-33(31)44(38(39)48)21-25-9-7-12-28(17-25)42-37(47)32-13-8-16-41-32/h5-7,9-12,14-15,17,19,24,29,32,34,36,41,45H,8,13,16,18,20-23H2,1-4H3,(H,42,47)/t24-,29+,32-,34+,36-,39+/m1/s1. The molecule has 270 valence electrons. The zero-order valence-corrected chi connectivity index (χ0v) is 30.7. The molecule has 3 aromatic carbocycles. The second-order valence-corrected chi connectivity index (χ2v) is 18.7. The number of methoxy groups -OCH3 is 1. The molecule has 3 aromatic rings. The molecule has 7 rings (SSSR count). The number of rotatable bonds is 9. The van der Waals surface area contributed by atoms with E-state index in [1.54, 1.807) is 42.1 Å². The largest absolute Gasteiger partial charge is 0.497 e. The molecule has 0 saturated carbocycles. The Morgan fingerprint density at radius 1 is 1.12 bits per heavy atom. The lowest BCUT2D eigenvalue weighted by Gasteiger charge is -2.37. The average molecular weight is 715 g/mol. The molecule has 4 heterocycles. The predicted octanol–water partition coefficient (Wildman–Crippen LogP) is 5.04. The van der Waals surface area contributed by atoms with E-state index in [-0.39, 0.29) is 43.3 Å². The number of fused-ring (bicyclic) bond motifs is 3. The van der Waals surface area contributed by atoms with Crippen LogP contribution in [0.5, 0.6) is 5.75 Å². The number of carbonyl (C=O) groups is 3. The lowest BCUT2D eigenvalue weighted by Crippen LogP contribution is -2.48. The van der Waals surface area contributed by atoms with Crippen molar-refractivity contribution in [2.24, 2.45) is 5.92 Å². The molecule has 4 aliphatic rings. The molecule has 3 N–H and O–H groups in total. The molecule has 3 amide bonds. The van der Waals surface area contributed by atoms with E-state index in [1.165, 1.54) is 0 Å². The zero-order chi connectivity index (χ0) is 36.1. The quantitative estimate of drug-likeness (QED) is 0.210. The number of anilines is 2. The van der Waals surface area contributed by atoms with Crippen molar-refractivity contribution in [3.8, 4) is 5.75 Å². The summed E-state index contributed by atoms with van der Waals surface area (Å²) in [6.45, 7) is 6.26. The summed E-state index contributed by atoms with van der Waals surface area (Å²) in [5, 5.41) is 16.5. The van der Waals surface area contributed by atoms with E-state index in [2.05, 4.69) is 10.6 Å². The summed E-state index contributed by atoms with van der Waals surface area (Å²) in [6.07, 6.45) is 1.30. The first kappa shape index (κ1) is 35.3. The Labute approximate surface area is 299 Å². The number of ether oxygens (including phenoxy) is 2. The number of amides is 3. The van der Waals surface area contributed by atoms with E-state index in [4.69, 9.17) is 9.47 Å². The van der Waals surface area contributed by atoms with Crippen LogP contribution in [0.2, 0.25) is 18.6 Å². The van der Waals surface area contributed by atoms with Crippen molar-refractivity contribution >= 4 is 37.5 Å². The van der Waals surface area contributed by atoms with Crippen molar-refractivity contribution in [3.63, 3.8) is 0 Å². The van der Waals surface area contributed by atoms with E-state index in [0.29, 0.717) is 35.7 Å². The first-order chi connectivity index (χ1) is 24.4. The molecule has 0 aliphatic carbocycles. The number of nitrogens with one attached hydrogen (secondary N) is 2. The summed E-state index contributed by atoms with van der Waals surface area (Å²) in [7, 11) is -1.98. The van der Waals surface area contributed by atoms with Crippen LogP contribution < -0.4 is 20.3 Å². The van der Waals surface area contributed by atoms with Crippen LogP contribution in [0.1, 0.15) is 48.4 Å². The van der Waals surface area contributed by atoms with E-state index >= 15 is 4.11 Å².